The van der Waals surface area contributed by atoms with Gasteiger partial charge >= 0.3 is 0 Å². The average Bonchev–Trinajstić information content (AvgIpc) is 2.43. The van der Waals surface area contributed by atoms with Gasteiger partial charge in [-0.05, 0) is 12.8 Å². The first-order valence-corrected chi connectivity index (χ1v) is 6.84. The van der Waals surface area contributed by atoms with Crippen LogP contribution >= 0.6 is 0 Å². The molecule has 0 spiro atoms. The Morgan fingerprint density at radius 3 is 2.11 bits per heavy atom. The molecule has 0 aliphatic carbocycles. The average molecular weight is 246 g/mol. The maximum Gasteiger partial charge on any atom is 0.162 e. The molecule has 0 aliphatic heterocycles. The third-order valence-corrected chi connectivity index (χ3v) is 3.10. The van der Waals surface area contributed by atoms with Gasteiger partial charge in [0.2, 0.25) is 0 Å². The largest absolute Gasteiger partial charge is 0.300 e. The Morgan fingerprint density at radius 2 is 1.50 bits per heavy atom. The summed E-state index contributed by atoms with van der Waals surface area (Å²) in [4.78, 5) is 22.9. The van der Waals surface area contributed by atoms with E-state index in [0.717, 1.165) is 31.2 Å². The zero-order valence-electron chi connectivity index (χ0n) is 11.2. The summed E-state index contributed by atoms with van der Waals surface area (Å²) in [6.45, 7) is 1.90. The van der Waals surface area contributed by atoms with E-state index in [4.69, 9.17) is 0 Å². The minimum atomic E-state index is 0.222. The molecule has 0 amide bonds. The second kappa shape index (κ2) is 8.62. The maximum atomic E-state index is 11.8. The molecule has 0 aromatic heterocycles. The second-order valence-corrected chi connectivity index (χ2v) is 4.60. The van der Waals surface area contributed by atoms with Crippen molar-refractivity contribution in [3.05, 3.63) is 35.9 Å². The molecule has 0 saturated carbocycles. The van der Waals surface area contributed by atoms with Gasteiger partial charge in [-0.15, -0.1) is 0 Å². The summed E-state index contributed by atoms with van der Waals surface area (Å²) in [5, 5.41) is 0. The van der Waals surface area contributed by atoms with E-state index in [1.54, 1.807) is 0 Å². The van der Waals surface area contributed by atoms with Crippen molar-refractivity contribution in [2.24, 2.45) is 0 Å². The zero-order valence-corrected chi connectivity index (χ0v) is 11.2. The van der Waals surface area contributed by atoms with Crippen molar-refractivity contribution >= 4 is 11.6 Å². The lowest BCUT2D eigenvalue weighted by Crippen LogP contribution is -1.98. The van der Waals surface area contributed by atoms with E-state index in [1.165, 1.54) is 0 Å². The summed E-state index contributed by atoms with van der Waals surface area (Å²) >= 11 is 0. The van der Waals surface area contributed by atoms with E-state index in [2.05, 4.69) is 0 Å². The van der Waals surface area contributed by atoms with Crippen molar-refractivity contribution < 1.29 is 9.59 Å². The first-order chi connectivity index (χ1) is 8.74. The fourth-order valence-electron chi connectivity index (χ4n) is 1.91. The third kappa shape index (κ3) is 5.76. The van der Waals surface area contributed by atoms with Crippen LogP contribution in [0.15, 0.2) is 30.3 Å². The van der Waals surface area contributed by atoms with Crippen LogP contribution in [-0.4, -0.2) is 11.6 Å². The Bertz CT molecular complexity index is 368. The highest BCUT2D eigenvalue weighted by molar-refractivity contribution is 5.95. The third-order valence-electron chi connectivity index (χ3n) is 3.10. The Hall–Kier alpha value is -1.44. The molecule has 0 atom stereocenters. The van der Waals surface area contributed by atoms with E-state index in [9.17, 15) is 9.59 Å². The van der Waals surface area contributed by atoms with Crippen molar-refractivity contribution in [3.63, 3.8) is 0 Å². The topological polar surface area (TPSA) is 34.1 Å². The minimum absolute atomic E-state index is 0.222. The van der Waals surface area contributed by atoms with Crippen molar-refractivity contribution in [2.75, 3.05) is 0 Å². The smallest absolute Gasteiger partial charge is 0.162 e. The van der Waals surface area contributed by atoms with Gasteiger partial charge in [-0.2, -0.15) is 0 Å². The van der Waals surface area contributed by atoms with E-state index >= 15 is 0 Å². The van der Waals surface area contributed by atoms with E-state index < -0.39 is 0 Å². The summed E-state index contributed by atoms with van der Waals surface area (Å²) in [5.74, 6) is 0.565. The Balaban J connectivity index is 2.08. The molecule has 0 N–H and O–H groups in total. The number of Topliss-reactive ketones (excluding diaryl/α,β-unsaturated/α-hetero) is 2. The number of hydrogen-bond acceptors (Lipinski definition) is 2. The lowest BCUT2D eigenvalue weighted by molar-refractivity contribution is -0.118. The fourth-order valence-corrected chi connectivity index (χ4v) is 1.91. The lowest BCUT2D eigenvalue weighted by Gasteiger charge is -2.01. The summed E-state index contributed by atoms with van der Waals surface area (Å²) in [6.07, 6.45) is 5.94. The fraction of sp³-hybridized carbons (Fsp3) is 0.500. The van der Waals surface area contributed by atoms with Crippen LogP contribution in [0.4, 0.5) is 0 Å². The van der Waals surface area contributed by atoms with Gasteiger partial charge in [0, 0.05) is 24.8 Å². The van der Waals surface area contributed by atoms with Gasteiger partial charge in [0.25, 0.3) is 0 Å². The van der Waals surface area contributed by atoms with Crippen LogP contribution < -0.4 is 0 Å². The first kappa shape index (κ1) is 14.6. The molecule has 0 saturated heterocycles. The van der Waals surface area contributed by atoms with Crippen molar-refractivity contribution in [2.45, 2.75) is 51.9 Å². The van der Waals surface area contributed by atoms with Crippen LogP contribution in [0, 0.1) is 0 Å². The van der Waals surface area contributed by atoms with Crippen LogP contribution in [0.2, 0.25) is 0 Å². The number of rotatable bonds is 9. The van der Waals surface area contributed by atoms with Gasteiger partial charge in [-0.3, -0.25) is 9.59 Å². The molecule has 2 nitrogen and oxygen atoms in total. The predicted octanol–water partition coefficient (Wildman–Crippen LogP) is 4.19. The first-order valence-electron chi connectivity index (χ1n) is 6.84. The van der Waals surface area contributed by atoms with Gasteiger partial charge in [0.15, 0.2) is 5.78 Å². The highest BCUT2D eigenvalue weighted by Gasteiger charge is 2.04. The SMILES string of the molecule is CCC(=O)CCCCCCC(=O)c1ccccc1. The normalized spacial score (nSPS) is 10.3. The molecule has 0 heterocycles. The summed E-state index contributed by atoms with van der Waals surface area (Å²) < 4.78 is 0. The summed E-state index contributed by atoms with van der Waals surface area (Å²) in [7, 11) is 0. The van der Waals surface area contributed by atoms with Crippen LogP contribution in [0.3, 0.4) is 0 Å². The molecule has 98 valence electrons. The molecule has 0 unspecified atom stereocenters. The van der Waals surface area contributed by atoms with Gasteiger partial charge < -0.3 is 0 Å². The molecule has 2 heteroatoms. The molecular formula is C16H22O2. The number of carbonyl (C=O) groups is 2. The minimum Gasteiger partial charge on any atom is -0.300 e. The van der Waals surface area contributed by atoms with Crippen LogP contribution in [0.1, 0.15) is 62.2 Å². The van der Waals surface area contributed by atoms with Crippen molar-refractivity contribution in [3.8, 4) is 0 Å². The molecule has 1 rings (SSSR count). The number of carbonyl (C=O) groups excluding carboxylic acids is 2. The summed E-state index contributed by atoms with van der Waals surface area (Å²) in [5.41, 5.74) is 0.804. The maximum absolute atomic E-state index is 11.8. The molecule has 0 aliphatic rings. The van der Waals surface area contributed by atoms with Crippen molar-refractivity contribution in [1.82, 2.24) is 0 Å². The lowest BCUT2D eigenvalue weighted by atomic mass is 10.0. The zero-order chi connectivity index (χ0) is 13.2. The number of benzene rings is 1. The number of ketones is 2. The van der Waals surface area contributed by atoms with Crippen molar-refractivity contribution in [1.29, 1.82) is 0 Å². The van der Waals surface area contributed by atoms with Gasteiger partial charge in [0.05, 0.1) is 0 Å². The van der Waals surface area contributed by atoms with Gasteiger partial charge in [-0.1, -0.05) is 50.1 Å². The molecular weight excluding hydrogens is 224 g/mol. The standard InChI is InChI=1S/C16H22O2/c1-2-15(17)12-8-3-4-9-13-16(18)14-10-6-5-7-11-14/h5-7,10-11H,2-4,8-9,12-13H2,1H3. The van der Waals surface area contributed by atoms with E-state index in [0.29, 0.717) is 25.0 Å². The van der Waals surface area contributed by atoms with Crippen LogP contribution in [-0.2, 0) is 4.79 Å². The van der Waals surface area contributed by atoms with E-state index in [1.807, 2.05) is 37.3 Å². The van der Waals surface area contributed by atoms with Crippen LogP contribution in [0.25, 0.3) is 0 Å². The molecule has 1 aromatic rings. The summed E-state index contributed by atoms with van der Waals surface area (Å²) in [6, 6.07) is 9.43. The second-order valence-electron chi connectivity index (χ2n) is 4.60. The predicted molar refractivity (Wildman–Crippen MR) is 73.8 cm³/mol. The van der Waals surface area contributed by atoms with E-state index in [-0.39, 0.29) is 5.78 Å². The quantitative estimate of drug-likeness (QED) is 0.483. The molecule has 0 radical (unpaired) electrons. The Kier molecular flexibility index (Phi) is 7.00. The highest BCUT2D eigenvalue weighted by atomic mass is 16.1. The molecule has 0 fully saturated rings. The molecule has 1 aromatic carbocycles. The molecule has 18 heavy (non-hydrogen) atoms. The highest BCUT2D eigenvalue weighted by Crippen LogP contribution is 2.10. The Labute approximate surface area is 109 Å². The number of hydrogen-bond donors (Lipinski definition) is 0. The Morgan fingerprint density at radius 1 is 0.889 bits per heavy atom. The van der Waals surface area contributed by atoms with Crippen LogP contribution in [0.5, 0.6) is 0 Å². The van der Waals surface area contributed by atoms with Gasteiger partial charge in [-0.25, -0.2) is 0 Å². The monoisotopic (exact) mass is 246 g/mol. The molecule has 0 bridgehead atoms. The van der Waals surface area contributed by atoms with Gasteiger partial charge in [0.1, 0.15) is 5.78 Å². The number of unbranched alkanes of at least 4 members (excludes halogenated alkanes) is 3.